The average Bonchev–Trinajstić information content (AvgIpc) is 3.11. The molecule has 3 aromatic rings. The van der Waals surface area contributed by atoms with E-state index in [2.05, 4.69) is 15.3 Å². The molecule has 3 rings (SSSR count). The van der Waals surface area contributed by atoms with E-state index in [0.717, 1.165) is 10.2 Å². The van der Waals surface area contributed by atoms with Gasteiger partial charge in [-0.15, -0.1) is 11.3 Å². The highest BCUT2D eigenvalue weighted by atomic mass is 32.2. The van der Waals surface area contributed by atoms with Crippen LogP contribution in [0.2, 0.25) is 0 Å². The zero-order valence-corrected chi connectivity index (χ0v) is 15.3. The van der Waals surface area contributed by atoms with E-state index in [1.807, 2.05) is 11.4 Å². The molecular weight excluding hydrogens is 377 g/mol. The zero-order valence-electron chi connectivity index (χ0n) is 13.6. The Hall–Kier alpha value is -2.52. The molecule has 0 fully saturated rings. The number of halogens is 1. The third kappa shape index (κ3) is 4.55. The van der Waals surface area contributed by atoms with Gasteiger partial charge in [0.25, 0.3) is 5.91 Å². The lowest BCUT2D eigenvalue weighted by molar-refractivity contribution is -0.150. The maximum absolute atomic E-state index is 12.9. The minimum Gasteiger partial charge on any atom is -0.452 e. The second kappa shape index (κ2) is 8.24. The van der Waals surface area contributed by atoms with Crippen molar-refractivity contribution in [1.29, 1.82) is 0 Å². The molecule has 9 heteroatoms. The Kier molecular flexibility index (Phi) is 5.79. The molecule has 134 valence electrons. The van der Waals surface area contributed by atoms with Gasteiger partial charge in [0.05, 0.1) is 5.75 Å². The molecule has 26 heavy (non-hydrogen) atoms. The topological polar surface area (TPSA) is 81.2 Å². The fourth-order valence-corrected chi connectivity index (χ4v) is 3.63. The lowest BCUT2D eigenvalue weighted by Crippen LogP contribution is -2.30. The zero-order chi connectivity index (χ0) is 18.5. The molecular formula is C17H14FN3O3S2. The van der Waals surface area contributed by atoms with Gasteiger partial charge in [0.2, 0.25) is 0 Å². The lowest BCUT2D eigenvalue weighted by atomic mass is 10.3. The number of fused-ring (bicyclic) bond motifs is 1. The Morgan fingerprint density at radius 3 is 2.81 bits per heavy atom. The summed E-state index contributed by atoms with van der Waals surface area (Å²) >= 11 is 2.72. The van der Waals surface area contributed by atoms with E-state index in [9.17, 15) is 14.0 Å². The van der Waals surface area contributed by atoms with Gasteiger partial charge in [-0.1, -0.05) is 11.8 Å². The van der Waals surface area contributed by atoms with Crippen molar-refractivity contribution in [1.82, 2.24) is 9.97 Å². The minimum absolute atomic E-state index is 0.0239. The molecule has 1 amide bonds. The number of hydrogen-bond donors (Lipinski definition) is 1. The minimum atomic E-state index is -0.972. The second-order valence-electron chi connectivity index (χ2n) is 5.24. The van der Waals surface area contributed by atoms with Crippen LogP contribution in [0.3, 0.4) is 0 Å². The number of nitrogens with one attached hydrogen (secondary N) is 1. The van der Waals surface area contributed by atoms with Crippen LogP contribution in [0.4, 0.5) is 10.1 Å². The Morgan fingerprint density at radius 2 is 2.04 bits per heavy atom. The monoisotopic (exact) mass is 391 g/mol. The van der Waals surface area contributed by atoms with Crippen LogP contribution < -0.4 is 5.32 Å². The molecule has 0 saturated carbocycles. The molecule has 0 radical (unpaired) electrons. The number of nitrogens with zero attached hydrogens (tertiary/aromatic N) is 2. The number of thioether (sulfide) groups is 1. The van der Waals surface area contributed by atoms with Gasteiger partial charge in [-0.3, -0.25) is 9.59 Å². The van der Waals surface area contributed by atoms with Crippen molar-refractivity contribution < 1.29 is 18.7 Å². The van der Waals surface area contributed by atoms with Crippen molar-refractivity contribution in [3.05, 3.63) is 47.9 Å². The van der Waals surface area contributed by atoms with E-state index in [-0.39, 0.29) is 5.75 Å². The van der Waals surface area contributed by atoms with Gasteiger partial charge in [0, 0.05) is 11.1 Å². The van der Waals surface area contributed by atoms with Gasteiger partial charge >= 0.3 is 5.97 Å². The van der Waals surface area contributed by atoms with Gasteiger partial charge in [-0.25, -0.2) is 14.4 Å². The number of aromatic nitrogens is 2. The Bertz CT molecular complexity index is 930. The summed E-state index contributed by atoms with van der Waals surface area (Å²) in [5, 5.41) is 6.04. The van der Waals surface area contributed by atoms with Crippen molar-refractivity contribution >= 4 is 50.9 Å². The number of benzene rings is 1. The van der Waals surface area contributed by atoms with Gasteiger partial charge in [0.1, 0.15) is 22.0 Å². The number of esters is 1. The third-order valence-corrected chi connectivity index (χ3v) is 5.14. The van der Waals surface area contributed by atoms with Crippen molar-refractivity contribution in [3.63, 3.8) is 0 Å². The van der Waals surface area contributed by atoms with E-state index in [1.165, 1.54) is 60.6 Å². The van der Waals surface area contributed by atoms with Crippen molar-refractivity contribution in [2.45, 2.75) is 18.1 Å². The van der Waals surface area contributed by atoms with Crippen LogP contribution in [0.1, 0.15) is 6.92 Å². The van der Waals surface area contributed by atoms with Crippen molar-refractivity contribution in [2.75, 3.05) is 11.1 Å². The lowest BCUT2D eigenvalue weighted by Gasteiger charge is -2.13. The number of amides is 1. The van der Waals surface area contributed by atoms with E-state index < -0.39 is 23.8 Å². The highest BCUT2D eigenvalue weighted by Gasteiger charge is 2.18. The number of carbonyl (C=O) groups is 2. The first-order valence-electron chi connectivity index (χ1n) is 7.60. The molecule has 1 aromatic carbocycles. The fourth-order valence-electron chi connectivity index (χ4n) is 2.07. The average molecular weight is 391 g/mol. The van der Waals surface area contributed by atoms with Gasteiger partial charge < -0.3 is 10.1 Å². The molecule has 2 heterocycles. The molecule has 0 aliphatic heterocycles. The number of anilines is 1. The van der Waals surface area contributed by atoms with Crippen LogP contribution in [0.25, 0.3) is 10.2 Å². The molecule has 1 unspecified atom stereocenters. The number of hydrogen-bond acceptors (Lipinski definition) is 7. The highest BCUT2D eigenvalue weighted by molar-refractivity contribution is 8.00. The van der Waals surface area contributed by atoms with E-state index in [4.69, 9.17) is 4.74 Å². The van der Waals surface area contributed by atoms with Crippen LogP contribution in [-0.4, -0.2) is 33.7 Å². The Balaban J connectivity index is 1.51. The van der Waals surface area contributed by atoms with Gasteiger partial charge in [0.15, 0.2) is 6.10 Å². The molecule has 1 N–H and O–H groups in total. The summed E-state index contributed by atoms with van der Waals surface area (Å²) in [7, 11) is 0. The SMILES string of the molecule is CC(OC(=O)CSc1ncnc2sccc12)C(=O)Nc1ccc(F)cc1. The maximum Gasteiger partial charge on any atom is 0.317 e. The van der Waals surface area contributed by atoms with Gasteiger partial charge in [-0.05, 0) is 42.6 Å². The summed E-state index contributed by atoms with van der Waals surface area (Å²) in [4.78, 5) is 33.2. The summed E-state index contributed by atoms with van der Waals surface area (Å²) in [5.41, 5.74) is 0.425. The first-order chi connectivity index (χ1) is 12.5. The Morgan fingerprint density at radius 1 is 1.27 bits per heavy atom. The third-order valence-electron chi connectivity index (χ3n) is 3.34. The maximum atomic E-state index is 12.9. The number of thiophene rings is 1. The molecule has 6 nitrogen and oxygen atoms in total. The Labute approximate surface area is 156 Å². The molecule has 0 bridgehead atoms. The second-order valence-corrected chi connectivity index (χ2v) is 7.09. The van der Waals surface area contributed by atoms with Crippen LogP contribution in [0.15, 0.2) is 47.1 Å². The molecule has 0 aliphatic carbocycles. The predicted molar refractivity (Wildman–Crippen MR) is 98.7 cm³/mol. The van der Waals surface area contributed by atoms with Crippen molar-refractivity contribution in [2.24, 2.45) is 0 Å². The molecule has 0 saturated heterocycles. The van der Waals surface area contributed by atoms with Crippen LogP contribution in [-0.2, 0) is 14.3 Å². The standard InChI is InChI=1S/C17H14FN3O3S2/c1-10(15(23)21-12-4-2-11(18)3-5-12)24-14(22)8-26-17-13-6-7-25-16(13)19-9-20-17/h2-7,9-10H,8H2,1H3,(H,21,23). The van der Waals surface area contributed by atoms with Gasteiger partial charge in [-0.2, -0.15) is 0 Å². The summed E-state index contributed by atoms with van der Waals surface area (Å²) in [6, 6.07) is 7.22. The quantitative estimate of drug-likeness (QED) is 0.394. The smallest absolute Gasteiger partial charge is 0.317 e. The van der Waals surface area contributed by atoms with Crippen LogP contribution in [0, 0.1) is 5.82 Å². The summed E-state index contributed by atoms with van der Waals surface area (Å²) in [6.45, 7) is 1.48. The number of carbonyl (C=O) groups excluding carboxylic acids is 2. The largest absolute Gasteiger partial charge is 0.452 e. The van der Waals surface area contributed by atoms with Crippen molar-refractivity contribution in [3.8, 4) is 0 Å². The first kappa shape index (κ1) is 18.3. The summed E-state index contributed by atoms with van der Waals surface area (Å²) < 4.78 is 18.0. The number of ether oxygens (including phenoxy) is 1. The molecule has 1 atom stereocenters. The van der Waals surface area contributed by atoms with E-state index in [0.29, 0.717) is 10.7 Å². The van der Waals surface area contributed by atoms with E-state index >= 15 is 0 Å². The van der Waals surface area contributed by atoms with Crippen LogP contribution >= 0.6 is 23.1 Å². The molecule has 0 spiro atoms. The number of rotatable bonds is 6. The molecule has 2 aromatic heterocycles. The normalized spacial score (nSPS) is 11.9. The highest BCUT2D eigenvalue weighted by Crippen LogP contribution is 2.27. The van der Waals surface area contributed by atoms with Crippen LogP contribution in [0.5, 0.6) is 0 Å². The first-order valence-corrected chi connectivity index (χ1v) is 9.46. The summed E-state index contributed by atoms with van der Waals surface area (Å²) in [6.07, 6.45) is 0.477. The van der Waals surface area contributed by atoms with E-state index in [1.54, 1.807) is 0 Å². The molecule has 0 aliphatic rings. The fraction of sp³-hybridized carbons (Fsp3) is 0.176. The summed E-state index contributed by atoms with van der Waals surface area (Å²) in [5.74, 6) is -1.39. The predicted octanol–water partition coefficient (Wildman–Crippen LogP) is 3.49.